The summed E-state index contributed by atoms with van der Waals surface area (Å²) in [5.74, 6) is -0.145. The van der Waals surface area contributed by atoms with Crippen LogP contribution in [0.1, 0.15) is 17.2 Å². The molecule has 1 atom stereocenters. The molecule has 0 aromatic heterocycles. The van der Waals surface area contributed by atoms with Crippen molar-refractivity contribution in [2.75, 3.05) is 37.1 Å². The van der Waals surface area contributed by atoms with Crippen molar-refractivity contribution in [1.82, 2.24) is 0 Å². The van der Waals surface area contributed by atoms with Gasteiger partial charge in [-0.3, -0.25) is 4.79 Å². The highest BCUT2D eigenvalue weighted by Gasteiger charge is 2.18. The second kappa shape index (κ2) is 8.25. The van der Waals surface area contributed by atoms with Crippen molar-refractivity contribution in [2.24, 2.45) is 5.73 Å². The number of carbonyl (C=O) groups excluding carboxylic acids is 1. The molecule has 0 spiro atoms. The van der Waals surface area contributed by atoms with Gasteiger partial charge in [-0.25, -0.2) is 0 Å². The van der Waals surface area contributed by atoms with E-state index in [1.54, 1.807) is 18.2 Å². The summed E-state index contributed by atoms with van der Waals surface area (Å²) in [6.45, 7) is 0.192. The molecule has 2 aromatic carbocycles. The van der Waals surface area contributed by atoms with Crippen LogP contribution in [0.4, 0.5) is 17.1 Å². The van der Waals surface area contributed by atoms with Gasteiger partial charge in [0.2, 0.25) is 0 Å². The fourth-order valence-electron chi connectivity index (χ4n) is 2.55. The summed E-state index contributed by atoms with van der Waals surface area (Å²) in [7, 11) is 5.49. The molecule has 0 aliphatic carbocycles. The fraction of sp³-hybridized carbons (Fsp3) is 0.278. The molecule has 7 nitrogen and oxygen atoms in total. The van der Waals surface area contributed by atoms with E-state index in [0.29, 0.717) is 16.9 Å². The van der Waals surface area contributed by atoms with Crippen molar-refractivity contribution in [3.05, 3.63) is 47.5 Å². The minimum absolute atomic E-state index is 0.192. The first kappa shape index (κ1) is 18.4. The number of carbonyl (C=O) groups is 1. The maximum absolute atomic E-state index is 11.3. The van der Waals surface area contributed by atoms with Gasteiger partial charge in [-0.2, -0.15) is 0 Å². The number of hydrogen-bond donors (Lipinski definition) is 5. The van der Waals surface area contributed by atoms with Crippen LogP contribution in [0.15, 0.2) is 36.4 Å². The first-order valence-electron chi connectivity index (χ1n) is 7.91. The molecule has 0 aliphatic rings. The minimum atomic E-state index is -1.36. The average molecular weight is 344 g/mol. The third-order valence-electron chi connectivity index (χ3n) is 3.93. The van der Waals surface area contributed by atoms with Crippen molar-refractivity contribution >= 4 is 23.0 Å². The van der Waals surface area contributed by atoms with E-state index >= 15 is 0 Å². The van der Waals surface area contributed by atoms with Crippen LogP contribution in [-0.4, -0.2) is 32.2 Å². The van der Waals surface area contributed by atoms with Gasteiger partial charge in [0, 0.05) is 27.2 Å². The standard InChI is InChI=1S/C18H24N4O3/c1-20-13-8-15(22-3)16(9-14(13)21-2)25-10-11-6-4-5-7-12(11)17(23)18(19)24/h4-9,17,20-23H,10H2,1-3H3,(H2,19,24). The van der Waals surface area contributed by atoms with E-state index in [0.717, 1.165) is 17.1 Å². The van der Waals surface area contributed by atoms with Gasteiger partial charge in [0.05, 0.1) is 17.1 Å². The maximum atomic E-state index is 11.3. The first-order chi connectivity index (χ1) is 12.0. The molecule has 0 saturated heterocycles. The number of aliphatic hydroxyl groups is 1. The van der Waals surface area contributed by atoms with E-state index in [2.05, 4.69) is 16.0 Å². The second-order valence-corrected chi connectivity index (χ2v) is 5.44. The molecular weight excluding hydrogens is 320 g/mol. The van der Waals surface area contributed by atoms with Gasteiger partial charge in [-0.1, -0.05) is 24.3 Å². The Balaban J connectivity index is 2.29. The molecule has 0 bridgehead atoms. The molecule has 0 fully saturated rings. The number of hydrogen-bond acceptors (Lipinski definition) is 6. The summed E-state index contributed by atoms with van der Waals surface area (Å²) in [5, 5.41) is 19.3. The molecule has 25 heavy (non-hydrogen) atoms. The lowest BCUT2D eigenvalue weighted by atomic mass is 10.0. The largest absolute Gasteiger partial charge is 0.487 e. The predicted octanol–water partition coefficient (Wildman–Crippen LogP) is 1.91. The Kier molecular flexibility index (Phi) is 6.08. The molecule has 0 saturated carbocycles. The van der Waals surface area contributed by atoms with Gasteiger partial charge in [0.15, 0.2) is 6.10 Å². The van der Waals surface area contributed by atoms with Crippen LogP contribution in [-0.2, 0) is 11.4 Å². The van der Waals surface area contributed by atoms with Crippen molar-refractivity contribution in [3.8, 4) is 5.75 Å². The predicted molar refractivity (Wildman–Crippen MR) is 100 cm³/mol. The summed E-state index contributed by atoms with van der Waals surface area (Å²) in [4.78, 5) is 11.3. The van der Waals surface area contributed by atoms with Crippen molar-refractivity contribution in [3.63, 3.8) is 0 Å². The molecule has 2 rings (SSSR count). The number of primary amides is 1. The number of amides is 1. The van der Waals surface area contributed by atoms with E-state index in [9.17, 15) is 9.90 Å². The number of aliphatic hydroxyl groups excluding tert-OH is 1. The van der Waals surface area contributed by atoms with Gasteiger partial charge < -0.3 is 31.5 Å². The Morgan fingerprint density at radius 2 is 1.68 bits per heavy atom. The number of anilines is 3. The molecule has 7 heteroatoms. The second-order valence-electron chi connectivity index (χ2n) is 5.44. The molecule has 1 amide bonds. The number of nitrogens with two attached hydrogens (primary N) is 1. The van der Waals surface area contributed by atoms with Crippen LogP contribution in [0, 0.1) is 0 Å². The Morgan fingerprint density at radius 1 is 1.08 bits per heavy atom. The lowest BCUT2D eigenvalue weighted by Gasteiger charge is -2.18. The Labute approximate surface area is 147 Å². The van der Waals surface area contributed by atoms with Gasteiger partial charge in [-0.15, -0.1) is 0 Å². The highest BCUT2D eigenvalue weighted by molar-refractivity contribution is 5.80. The molecule has 0 aliphatic heterocycles. The van der Waals surface area contributed by atoms with Crippen molar-refractivity contribution in [2.45, 2.75) is 12.7 Å². The first-order valence-corrected chi connectivity index (χ1v) is 7.91. The van der Waals surface area contributed by atoms with Crippen LogP contribution < -0.4 is 26.4 Å². The SMILES string of the molecule is CNc1cc(NC)c(OCc2ccccc2C(O)C(N)=O)cc1NC. The molecule has 0 heterocycles. The molecule has 134 valence electrons. The number of nitrogens with one attached hydrogen (secondary N) is 3. The van der Waals surface area contributed by atoms with Crippen LogP contribution in [0.25, 0.3) is 0 Å². The highest BCUT2D eigenvalue weighted by Crippen LogP contribution is 2.35. The fourth-order valence-corrected chi connectivity index (χ4v) is 2.55. The Morgan fingerprint density at radius 3 is 2.28 bits per heavy atom. The van der Waals surface area contributed by atoms with Crippen LogP contribution in [0.3, 0.4) is 0 Å². The molecule has 2 aromatic rings. The Bertz CT molecular complexity index is 749. The van der Waals surface area contributed by atoms with E-state index in [-0.39, 0.29) is 6.61 Å². The zero-order chi connectivity index (χ0) is 18.4. The van der Waals surface area contributed by atoms with Crippen LogP contribution >= 0.6 is 0 Å². The highest BCUT2D eigenvalue weighted by atomic mass is 16.5. The zero-order valence-electron chi connectivity index (χ0n) is 14.6. The third kappa shape index (κ3) is 4.13. The van der Waals surface area contributed by atoms with E-state index < -0.39 is 12.0 Å². The maximum Gasteiger partial charge on any atom is 0.250 e. The summed E-state index contributed by atoms with van der Waals surface area (Å²) in [5.41, 5.74) is 8.99. The van der Waals surface area contributed by atoms with Crippen LogP contribution in [0.5, 0.6) is 5.75 Å². The zero-order valence-corrected chi connectivity index (χ0v) is 14.6. The average Bonchev–Trinajstić information content (AvgIpc) is 2.64. The van der Waals surface area contributed by atoms with E-state index in [4.69, 9.17) is 10.5 Å². The summed E-state index contributed by atoms with van der Waals surface area (Å²) >= 11 is 0. The molecular formula is C18H24N4O3. The monoisotopic (exact) mass is 344 g/mol. The molecule has 6 N–H and O–H groups in total. The number of benzene rings is 2. The summed E-state index contributed by atoms with van der Waals surface area (Å²) in [6, 6.07) is 10.8. The van der Waals surface area contributed by atoms with E-state index in [1.807, 2.05) is 39.3 Å². The Hall–Kier alpha value is -2.93. The van der Waals surface area contributed by atoms with Gasteiger partial charge in [-0.05, 0) is 17.2 Å². The third-order valence-corrected chi connectivity index (χ3v) is 3.93. The lowest BCUT2D eigenvalue weighted by Crippen LogP contribution is -2.22. The van der Waals surface area contributed by atoms with E-state index in [1.165, 1.54) is 0 Å². The summed E-state index contributed by atoms with van der Waals surface area (Å²) < 4.78 is 5.93. The van der Waals surface area contributed by atoms with Gasteiger partial charge in [0.1, 0.15) is 12.4 Å². The quantitative estimate of drug-likeness (QED) is 0.501. The van der Waals surface area contributed by atoms with Crippen molar-refractivity contribution < 1.29 is 14.6 Å². The summed E-state index contributed by atoms with van der Waals surface area (Å²) in [6.07, 6.45) is -1.36. The smallest absolute Gasteiger partial charge is 0.250 e. The lowest BCUT2D eigenvalue weighted by molar-refractivity contribution is -0.126. The minimum Gasteiger partial charge on any atom is -0.487 e. The van der Waals surface area contributed by atoms with Crippen LogP contribution in [0.2, 0.25) is 0 Å². The molecule has 0 radical (unpaired) electrons. The number of rotatable bonds is 8. The topological polar surface area (TPSA) is 109 Å². The number of ether oxygens (including phenoxy) is 1. The normalized spacial score (nSPS) is 11.5. The molecule has 1 unspecified atom stereocenters. The van der Waals surface area contributed by atoms with Crippen molar-refractivity contribution in [1.29, 1.82) is 0 Å². The van der Waals surface area contributed by atoms with Gasteiger partial charge >= 0.3 is 0 Å². The van der Waals surface area contributed by atoms with Gasteiger partial charge in [0.25, 0.3) is 5.91 Å².